The molecule has 2 N–H and O–H groups in total. The molecule has 3 rings (SSSR count). The first kappa shape index (κ1) is 32.3. The van der Waals surface area contributed by atoms with Crippen molar-refractivity contribution in [1.29, 1.82) is 0 Å². The standard InChI is InChI=1S/C21H28O4S2.C6H9N3O3/c1-21(2,15-3-7-19(8-4-15)24-11-17(22)13-26)16-5-9-20(10-6-16)25-12-18(23)14-27;1-7-4(10)8(2)6(12)9(3)5(7)11/h3-10,17-18,22-23,26-27H,11-14H2,1-2H3;1-3H3. The maximum atomic E-state index is 11.1. The summed E-state index contributed by atoms with van der Waals surface area (Å²) in [5.74, 6) is 2.19. The van der Waals surface area contributed by atoms with Gasteiger partial charge < -0.3 is 19.7 Å². The molecule has 0 amide bonds. The zero-order valence-electron chi connectivity index (χ0n) is 22.8. The van der Waals surface area contributed by atoms with Crippen molar-refractivity contribution in [3.8, 4) is 11.5 Å². The molecular weight excluding hydrogens is 542 g/mol. The minimum absolute atomic E-state index is 0.188. The van der Waals surface area contributed by atoms with Gasteiger partial charge in [-0.15, -0.1) is 0 Å². The molecule has 2 unspecified atom stereocenters. The smallest absolute Gasteiger partial charge is 0.335 e. The van der Waals surface area contributed by atoms with Crippen LogP contribution in [-0.2, 0) is 26.6 Å². The molecule has 0 aliphatic carbocycles. The topological polar surface area (TPSA) is 125 Å². The third-order valence-corrected chi connectivity index (χ3v) is 7.02. The summed E-state index contributed by atoms with van der Waals surface area (Å²) in [6.45, 7) is 4.79. The molecule has 2 atom stereocenters. The molecule has 0 aliphatic rings. The second-order valence-electron chi connectivity index (χ2n) is 9.49. The minimum atomic E-state index is -0.608. The molecule has 0 spiro atoms. The number of aliphatic hydroxyl groups is 2. The average molecular weight is 580 g/mol. The highest BCUT2D eigenvalue weighted by Crippen LogP contribution is 2.33. The highest BCUT2D eigenvalue weighted by molar-refractivity contribution is 7.80. The van der Waals surface area contributed by atoms with Crippen LogP contribution in [0.3, 0.4) is 0 Å². The Morgan fingerprint density at radius 3 is 1.21 bits per heavy atom. The first-order valence-electron chi connectivity index (χ1n) is 12.2. The van der Waals surface area contributed by atoms with Crippen LogP contribution in [0.5, 0.6) is 11.5 Å². The first-order chi connectivity index (χ1) is 18.3. The number of aliphatic hydroxyl groups excluding tert-OH is 2. The van der Waals surface area contributed by atoms with E-state index in [0.717, 1.165) is 36.3 Å². The van der Waals surface area contributed by atoms with Crippen LogP contribution >= 0.6 is 25.3 Å². The van der Waals surface area contributed by atoms with Crippen molar-refractivity contribution in [3.63, 3.8) is 0 Å². The average Bonchev–Trinajstić information content (AvgIpc) is 2.96. The van der Waals surface area contributed by atoms with E-state index >= 15 is 0 Å². The molecule has 1 aromatic heterocycles. The van der Waals surface area contributed by atoms with Crippen LogP contribution in [0.4, 0.5) is 0 Å². The van der Waals surface area contributed by atoms with Gasteiger partial charge in [-0.3, -0.25) is 0 Å². The second kappa shape index (κ2) is 14.5. The summed E-state index contributed by atoms with van der Waals surface area (Å²) in [5.41, 5.74) is 0.300. The van der Waals surface area contributed by atoms with Crippen molar-refractivity contribution < 1.29 is 19.7 Å². The summed E-state index contributed by atoms with van der Waals surface area (Å²) < 4.78 is 13.8. The van der Waals surface area contributed by atoms with Crippen LogP contribution in [0.15, 0.2) is 62.9 Å². The normalized spacial score (nSPS) is 12.7. The van der Waals surface area contributed by atoms with E-state index in [9.17, 15) is 24.6 Å². The maximum Gasteiger partial charge on any atom is 0.335 e. The quantitative estimate of drug-likeness (QED) is 0.266. The molecule has 10 nitrogen and oxygen atoms in total. The van der Waals surface area contributed by atoms with Crippen LogP contribution in [0.2, 0.25) is 0 Å². The summed E-state index contributed by atoms with van der Waals surface area (Å²) in [4.78, 5) is 33.2. The highest BCUT2D eigenvalue weighted by atomic mass is 32.1. The maximum absolute atomic E-state index is 11.1. The summed E-state index contributed by atoms with van der Waals surface area (Å²) in [5, 5.41) is 19.1. The Kier molecular flexibility index (Phi) is 12.0. The third-order valence-electron chi connectivity index (χ3n) is 6.18. The van der Waals surface area contributed by atoms with Gasteiger partial charge in [-0.05, 0) is 35.4 Å². The van der Waals surface area contributed by atoms with E-state index in [0.29, 0.717) is 11.5 Å². The lowest BCUT2D eigenvalue weighted by molar-refractivity contribution is 0.126. The lowest BCUT2D eigenvalue weighted by Crippen LogP contribution is -2.51. The Balaban J connectivity index is 0.000000370. The summed E-state index contributed by atoms with van der Waals surface area (Å²) >= 11 is 8.07. The Morgan fingerprint density at radius 1 is 0.667 bits per heavy atom. The zero-order valence-corrected chi connectivity index (χ0v) is 24.6. The monoisotopic (exact) mass is 579 g/mol. The molecule has 0 bridgehead atoms. The van der Waals surface area contributed by atoms with Crippen LogP contribution in [0.25, 0.3) is 0 Å². The number of hydrogen-bond acceptors (Lipinski definition) is 9. The van der Waals surface area contributed by atoms with Crippen molar-refractivity contribution in [2.45, 2.75) is 31.5 Å². The fraction of sp³-hybridized carbons (Fsp3) is 0.444. The molecular formula is C27H37N3O7S2. The molecule has 0 saturated heterocycles. The Labute approximate surface area is 238 Å². The van der Waals surface area contributed by atoms with E-state index in [-0.39, 0.29) is 18.6 Å². The lowest BCUT2D eigenvalue weighted by Gasteiger charge is -2.26. The van der Waals surface area contributed by atoms with Crippen LogP contribution in [-0.4, -0.2) is 60.8 Å². The molecule has 214 valence electrons. The van der Waals surface area contributed by atoms with Gasteiger partial charge >= 0.3 is 17.1 Å². The van der Waals surface area contributed by atoms with Crippen molar-refractivity contribution in [2.24, 2.45) is 21.1 Å². The summed E-state index contributed by atoms with van der Waals surface area (Å²) in [6.07, 6.45) is -1.14. The van der Waals surface area contributed by atoms with Gasteiger partial charge in [0.25, 0.3) is 0 Å². The van der Waals surface area contributed by atoms with Gasteiger partial charge in [-0.25, -0.2) is 28.1 Å². The number of thiol groups is 2. The summed E-state index contributed by atoms with van der Waals surface area (Å²) in [7, 11) is 3.97. The summed E-state index contributed by atoms with van der Waals surface area (Å²) in [6, 6.07) is 15.8. The van der Waals surface area contributed by atoms with Crippen LogP contribution in [0.1, 0.15) is 25.0 Å². The van der Waals surface area contributed by atoms with Crippen LogP contribution < -0.4 is 26.5 Å². The Morgan fingerprint density at radius 2 is 0.949 bits per heavy atom. The third kappa shape index (κ3) is 8.53. The number of aromatic nitrogens is 3. The van der Waals surface area contributed by atoms with E-state index in [1.807, 2.05) is 48.5 Å². The van der Waals surface area contributed by atoms with Crippen molar-refractivity contribution in [2.75, 3.05) is 24.7 Å². The van der Waals surface area contributed by atoms with E-state index in [2.05, 4.69) is 39.1 Å². The fourth-order valence-corrected chi connectivity index (χ4v) is 3.72. The van der Waals surface area contributed by atoms with E-state index in [1.54, 1.807) is 0 Å². The largest absolute Gasteiger partial charge is 0.491 e. The second-order valence-corrected chi connectivity index (χ2v) is 10.2. The molecule has 2 aromatic carbocycles. The van der Waals surface area contributed by atoms with Gasteiger partial charge in [-0.2, -0.15) is 25.3 Å². The van der Waals surface area contributed by atoms with E-state index < -0.39 is 29.3 Å². The van der Waals surface area contributed by atoms with Gasteiger partial charge in [0.1, 0.15) is 24.7 Å². The van der Waals surface area contributed by atoms with Gasteiger partial charge in [0.05, 0.1) is 12.2 Å². The Bertz CT molecular complexity index is 1220. The molecule has 0 aliphatic heterocycles. The van der Waals surface area contributed by atoms with Crippen molar-refractivity contribution >= 4 is 25.3 Å². The van der Waals surface area contributed by atoms with Gasteiger partial charge in [0, 0.05) is 38.1 Å². The van der Waals surface area contributed by atoms with Gasteiger partial charge in [-0.1, -0.05) is 38.1 Å². The predicted molar refractivity (Wildman–Crippen MR) is 158 cm³/mol. The highest BCUT2D eigenvalue weighted by Gasteiger charge is 2.23. The zero-order chi connectivity index (χ0) is 29.3. The number of benzene rings is 2. The van der Waals surface area contributed by atoms with Gasteiger partial charge in [0.15, 0.2) is 0 Å². The molecule has 12 heteroatoms. The number of hydrogen-bond donors (Lipinski definition) is 4. The minimum Gasteiger partial charge on any atom is -0.491 e. The first-order valence-corrected chi connectivity index (χ1v) is 13.5. The molecule has 39 heavy (non-hydrogen) atoms. The molecule has 1 heterocycles. The Hall–Kier alpha value is -2.93. The number of nitrogens with zero attached hydrogens (tertiary/aromatic N) is 3. The molecule has 0 fully saturated rings. The number of rotatable bonds is 10. The van der Waals surface area contributed by atoms with E-state index in [1.165, 1.54) is 21.1 Å². The number of ether oxygens (including phenoxy) is 2. The van der Waals surface area contributed by atoms with Crippen molar-refractivity contribution in [1.82, 2.24) is 13.7 Å². The SMILES string of the molecule is CC(C)(c1ccc(OCC(O)CS)cc1)c1ccc(OCC(O)CS)cc1.Cn1c(=O)n(C)c(=O)n(C)c1=O. The van der Waals surface area contributed by atoms with Crippen LogP contribution in [0, 0.1) is 0 Å². The predicted octanol–water partition coefficient (Wildman–Crippen LogP) is 1.13. The van der Waals surface area contributed by atoms with E-state index in [4.69, 9.17) is 9.47 Å². The van der Waals surface area contributed by atoms with Gasteiger partial charge in [0.2, 0.25) is 0 Å². The molecule has 0 radical (unpaired) electrons. The fourth-order valence-electron chi connectivity index (χ4n) is 3.51. The molecule has 3 aromatic rings. The lowest BCUT2D eigenvalue weighted by atomic mass is 9.78. The molecule has 0 saturated carbocycles. The van der Waals surface area contributed by atoms with Crippen molar-refractivity contribution in [3.05, 3.63) is 91.1 Å².